The first-order valence-electron chi connectivity index (χ1n) is 8.57. The van der Waals surface area contributed by atoms with Crippen molar-refractivity contribution in [2.45, 2.75) is 25.7 Å². The molecule has 0 atom stereocenters. The molecule has 3 aromatic rings. The van der Waals surface area contributed by atoms with E-state index < -0.39 is 0 Å². The predicted molar refractivity (Wildman–Crippen MR) is 99.3 cm³/mol. The zero-order chi connectivity index (χ0) is 17.2. The molecule has 1 N–H and O–H groups in total. The lowest BCUT2D eigenvalue weighted by Gasteiger charge is -2.08. The Balaban J connectivity index is 1.56. The van der Waals surface area contributed by atoms with Gasteiger partial charge in [0.05, 0.1) is 16.6 Å². The highest BCUT2D eigenvalue weighted by Gasteiger charge is 2.11. The van der Waals surface area contributed by atoms with Gasteiger partial charge in [-0.25, -0.2) is 9.97 Å². The first-order chi connectivity index (χ1) is 12.2. The van der Waals surface area contributed by atoms with E-state index in [9.17, 15) is 4.79 Å². The maximum Gasteiger partial charge on any atom is 0.261 e. The number of imidazole rings is 1. The van der Waals surface area contributed by atoms with Gasteiger partial charge in [-0.1, -0.05) is 30.4 Å². The van der Waals surface area contributed by atoms with Crippen LogP contribution in [0.1, 0.15) is 30.2 Å². The Labute approximate surface area is 145 Å². The van der Waals surface area contributed by atoms with Crippen LogP contribution in [-0.4, -0.2) is 19.5 Å². The van der Waals surface area contributed by atoms with Gasteiger partial charge in [0.15, 0.2) is 0 Å². The van der Waals surface area contributed by atoms with Crippen LogP contribution >= 0.6 is 0 Å². The number of hydrogen-bond acceptors (Lipinski definition) is 3. The minimum Gasteiger partial charge on any atom is -0.348 e. The summed E-state index contributed by atoms with van der Waals surface area (Å²) < 4.78 is 1.64. The number of rotatable bonds is 4. The molecule has 25 heavy (non-hydrogen) atoms. The molecule has 5 heteroatoms. The zero-order valence-electron chi connectivity index (χ0n) is 14.2. The fraction of sp³-hybridized carbons (Fsp3) is 0.250. The van der Waals surface area contributed by atoms with Crippen molar-refractivity contribution in [2.75, 3.05) is 0 Å². The predicted octanol–water partition coefficient (Wildman–Crippen LogP) is 3.18. The number of benzene rings is 1. The third-order valence-corrected chi connectivity index (χ3v) is 4.63. The quantitative estimate of drug-likeness (QED) is 0.798. The molecule has 0 spiro atoms. The standard InChI is InChI=1S/C20H20N4O/c1-24-19(23-16-10-6-5-9-15(16)20(24)25)12-11-18-21-13-17(22-18)14-7-3-2-4-8-14/h2-3,5-7,9-10,13H,4,8,11-12H2,1H3,(H,21,22). The molecule has 0 saturated heterocycles. The summed E-state index contributed by atoms with van der Waals surface area (Å²) in [5.74, 6) is 1.70. The van der Waals surface area contributed by atoms with Crippen molar-refractivity contribution >= 4 is 16.5 Å². The number of aromatic amines is 1. The molecule has 0 amide bonds. The second kappa shape index (κ2) is 6.51. The fourth-order valence-corrected chi connectivity index (χ4v) is 3.19. The van der Waals surface area contributed by atoms with Gasteiger partial charge in [0.25, 0.3) is 5.56 Å². The molecule has 0 bridgehead atoms. The molecule has 2 aromatic heterocycles. The normalized spacial score (nSPS) is 14.0. The fourth-order valence-electron chi connectivity index (χ4n) is 3.19. The van der Waals surface area contributed by atoms with Crippen LogP contribution in [0, 0.1) is 0 Å². The second-order valence-electron chi connectivity index (χ2n) is 6.30. The number of nitrogens with one attached hydrogen (secondary N) is 1. The van der Waals surface area contributed by atoms with Gasteiger partial charge in [-0.3, -0.25) is 9.36 Å². The molecule has 1 aliphatic rings. The van der Waals surface area contributed by atoms with Gasteiger partial charge in [0.2, 0.25) is 0 Å². The van der Waals surface area contributed by atoms with E-state index in [-0.39, 0.29) is 5.56 Å². The van der Waals surface area contributed by atoms with Gasteiger partial charge < -0.3 is 4.98 Å². The van der Waals surface area contributed by atoms with Crippen LogP contribution in [0.25, 0.3) is 16.5 Å². The van der Waals surface area contributed by atoms with Crippen molar-refractivity contribution in [3.63, 3.8) is 0 Å². The Bertz CT molecular complexity index is 1040. The molecule has 4 rings (SSSR count). The summed E-state index contributed by atoms with van der Waals surface area (Å²) in [6.45, 7) is 0. The van der Waals surface area contributed by atoms with Gasteiger partial charge in [0, 0.05) is 26.1 Å². The van der Waals surface area contributed by atoms with E-state index in [1.165, 1.54) is 5.57 Å². The largest absolute Gasteiger partial charge is 0.348 e. The van der Waals surface area contributed by atoms with Crippen molar-refractivity contribution in [3.8, 4) is 0 Å². The topological polar surface area (TPSA) is 63.6 Å². The van der Waals surface area contributed by atoms with Crippen molar-refractivity contribution in [1.82, 2.24) is 19.5 Å². The van der Waals surface area contributed by atoms with Crippen LogP contribution in [0.2, 0.25) is 0 Å². The lowest BCUT2D eigenvalue weighted by atomic mass is 10.0. The maximum absolute atomic E-state index is 12.5. The Morgan fingerprint density at radius 2 is 2.08 bits per heavy atom. The molecule has 1 aromatic carbocycles. The van der Waals surface area contributed by atoms with Gasteiger partial charge in [-0.15, -0.1) is 0 Å². The van der Waals surface area contributed by atoms with Crippen molar-refractivity contribution < 1.29 is 0 Å². The van der Waals surface area contributed by atoms with E-state index in [4.69, 9.17) is 4.98 Å². The molecule has 126 valence electrons. The number of para-hydroxylation sites is 1. The zero-order valence-corrected chi connectivity index (χ0v) is 14.2. The van der Waals surface area contributed by atoms with Crippen LogP contribution in [0.5, 0.6) is 0 Å². The minimum absolute atomic E-state index is 0.000109. The lowest BCUT2D eigenvalue weighted by molar-refractivity contribution is 0.714. The smallest absolute Gasteiger partial charge is 0.261 e. The van der Waals surface area contributed by atoms with E-state index in [1.807, 2.05) is 30.5 Å². The number of H-pyrrole nitrogens is 1. The first-order valence-corrected chi connectivity index (χ1v) is 8.57. The first kappa shape index (κ1) is 15.6. The third kappa shape index (κ3) is 3.05. The molecular weight excluding hydrogens is 312 g/mol. The van der Waals surface area contributed by atoms with E-state index in [0.29, 0.717) is 11.8 Å². The summed E-state index contributed by atoms with van der Waals surface area (Å²) >= 11 is 0. The van der Waals surface area contributed by atoms with Crippen LogP contribution in [0.4, 0.5) is 0 Å². The lowest BCUT2D eigenvalue weighted by Crippen LogP contribution is -2.22. The molecule has 2 heterocycles. The van der Waals surface area contributed by atoms with Gasteiger partial charge >= 0.3 is 0 Å². The Morgan fingerprint density at radius 3 is 2.92 bits per heavy atom. The number of fused-ring (bicyclic) bond motifs is 1. The van der Waals surface area contributed by atoms with Gasteiger partial charge in [-0.2, -0.15) is 0 Å². The van der Waals surface area contributed by atoms with E-state index in [0.717, 1.165) is 42.1 Å². The summed E-state index contributed by atoms with van der Waals surface area (Å²) in [7, 11) is 1.78. The maximum atomic E-state index is 12.5. The van der Waals surface area contributed by atoms with E-state index >= 15 is 0 Å². The average molecular weight is 332 g/mol. The summed E-state index contributed by atoms with van der Waals surface area (Å²) in [6.07, 6.45) is 11.8. The average Bonchev–Trinajstić information content (AvgIpc) is 3.13. The van der Waals surface area contributed by atoms with E-state index in [1.54, 1.807) is 11.6 Å². The number of nitrogens with zero attached hydrogens (tertiary/aromatic N) is 3. The monoisotopic (exact) mass is 332 g/mol. The molecule has 0 fully saturated rings. The Kier molecular flexibility index (Phi) is 4.06. The second-order valence-corrected chi connectivity index (χ2v) is 6.30. The third-order valence-electron chi connectivity index (χ3n) is 4.63. The number of aromatic nitrogens is 4. The molecule has 1 aliphatic carbocycles. The summed E-state index contributed by atoms with van der Waals surface area (Å²) in [4.78, 5) is 25.0. The van der Waals surface area contributed by atoms with Crippen molar-refractivity contribution in [3.05, 3.63) is 76.4 Å². The SMILES string of the molecule is Cn1c(CCc2nc(C3=CC=CCC3)c[nH]2)nc2ccccc2c1=O. The molecule has 0 unspecified atom stereocenters. The summed E-state index contributed by atoms with van der Waals surface area (Å²) in [6, 6.07) is 7.47. The molecule has 0 saturated carbocycles. The van der Waals surface area contributed by atoms with Crippen molar-refractivity contribution in [2.24, 2.45) is 7.05 Å². The summed E-state index contributed by atoms with van der Waals surface area (Å²) in [5.41, 5.74) is 3.03. The number of allylic oxidation sites excluding steroid dienone is 4. The Morgan fingerprint density at radius 1 is 1.20 bits per heavy atom. The minimum atomic E-state index is -0.000109. The molecule has 5 nitrogen and oxygen atoms in total. The highest BCUT2D eigenvalue weighted by molar-refractivity contribution is 5.77. The van der Waals surface area contributed by atoms with Crippen LogP contribution < -0.4 is 5.56 Å². The highest BCUT2D eigenvalue weighted by Crippen LogP contribution is 2.22. The van der Waals surface area contributed by atoms with Gasteiger partial charge in [0.1, 0.15) is 11.6 Å². The van der Waals surface area contributed by atoms with Crippen LogP contribution in [0.3, 0.4) is 0 Å². The molecule has 0 aliphatic heterocycles. The summed E-state index contributed by atoms with van der Waals surface area (Å²) in [5, 5.41) is 0.659. The number of hydrogen-bond donors (Lipinski definition) is 1. The van der Waals surface area contributed by atoms with E-state index in [2.05, 4.69) is 28.2 Å². The van der Waals surface area contributed by atoms with Gasteiger partial charge in [-0.05, 0) is 30.5 Å². The number of aryl methyl sites for hydroxylation is 2. The molecular formula is C20H20N4O. The van der Waals surface area contributed by atoms with Crippen LogP contribution in [-0.2, 0) is 19.9 Å². The molecule has 0 radical (unpaired) electrons. The van der Waals surface area contributed by atoms with Crippen LogP contribution in [0.15, 0.2) is 53.5 Å². The van der Waals surface area contributed by atoms with Crippen molar-refractivity contribution in [1.29, 1.82) is 0 Å². The Hall–Kier alpha value is -2.95. The highest BCUT2D eigenvalue weighted by atomic mass is 16.1.